The molecule has 1 N–H and O–H groups in total. The standard InChI is InChI=1S/C31H32N2O3/c1-35-28-16-15-25(20-29(28)36-2)32-30(34)17-19-33-18-7-10-24(21-33)31-26-11-5-3-8-22(26)13-14-23-9-4-6-12-27(23)31/h3-6,8-9,11-16,20H,7,10,17-19,21H2,1-2H3,(H,32,34). The van der Waals surface area contributed by atoms with Gasteiger partial charge in [0.2, 0.25) is 5.91 Å². The Morgan fingerprint density at radius 2 is 1.56 bits per heavy atom. The highest BCUT2D eigenvalue weighted by atomic mass is 16.5. The van der Waals surface area contributed by atoms with Crippen LogP contribution in [0.1, 0.15) is 41.5 Å². The van der Waals surface area contributed by atoms with Gasteiger partial charge in [0.25, 0.3) is 0 Å². The van der Waals surface area contributed by atoms with E-state index < -0.39 is 0 Å². The van der Waals surface area contributed by atoms with Crippen LogP contribution in [0.4, 0.5) is 5.69 Å². The first-order valence-electron chi connectivity index (χ1n) is 12.5. The Hall–Kier alpha value is -3.83. The maximum absolute atomic E-state index is 12.7. The zero-order valence-electron chi connectivity index (χ0n) is 20.9. The fraction of sp³-hybridized carbons (Fsp3) is 0.258. The van der Waals surface area contributed by atoms with Crippen molar-refractivity contribution in [2.24, 2.45) is 0 Å². The number of amides is 1. The van der Waals surface area contributed by atoms with Gasteiger partial charge < -0.3 is 14.8 Å². The molecule has 1 fully saturated rings. The summed E-state index contributed by atoms with van der Waals surface area (Å²) in [5.74, 6) is 1.23. The Morgan fingerprint density at radius 1 is 0.889 bits per heavy atom. The van der Waals surface area contributed by atoms with Gasteiger partial charge in [-0.25, -0.2) is 0 Å². The summed E-state index contributed by atoms with van der Waals surface area (Å²) in [6, 6.07) is 22.7. The number of fused-ring (bicyclic) bond motifs is 2. The van der Waals surface area contributed by atoms with Crippen LogP contribution in [0.15, 0.2) is 72.3 Å². The number of carbonyl (C=O) groups is 1. The van der Waals surface area contributed by atoms with Gasteiger partial charge in [0.05, 0.1) is 14.2 Å². The summed E-state index contributed by atoms with van der Waals surface area (Å²) in [6.45, 7) is 2.60. The van der Waals surface area contributed by atoms with Gasteiger partial charge in [0.1, 0.15) is 0 Å². The van der Waals surface area contributed by atoms with E-state index in [-0.39, 0.29) is 5.91 Å². The molecule has 0 bridgehead atoms. The Balaban J connectivity index is 1.32. The summed E-state index contributed by atoms with van der Waals surface area (Å²) in [4.78, 5) is 15.1. The lowest BCUT2D eigenvalue weighted by atomic mass is 9.86. The number of ether oxygens (including phenoxy) is 2. The topological polar surface area (TPSA) is 50.8 Å². The molecular weight excluding hydrogens is 448 g/mol. The Morgan fingerprint density at radius 3 is 2.22 bits per heavy atom. The maximum Gasteiger partial charge on any atom is 0.225 e. The number of piperidine rings is 1. The van der Waals surface area contributed by atoms with Crippen LogP contribution in [0.2, 0.25) is 0 Å². The monoisotopic (exact) mass is 480 g/mol. The molecule has 5 rings (SSSR count). The molecule has 0 radical (unpaired) electrons. The molecule has 0 unspecified atom stereocenters. The second-order valence-corrected chi connectivity index (χ2v) is 9.23. The summed E-state index contributed by atoms with van der Waals surface area (Å²) >= 11 is 0. The van der Waals surface area contributed by atoms with Crippen molar-refractivity contribution in [1.82, 2.24) is 4.90 Å². The van der Waals surface area contributed by atoms with Gasteiger partial charge in [-0.15, -0.1) is 0 Å². The van der Waals surface area contributed by atoms with Crippen LogP contribution in [-0.2, 0) is 4.79 Å². The summed E-state index contributed by atoms with van der Waals surface area (Å²) in [5.41, 5.74) is 8.60. The van der Waals surface area contributed by atoms with E-state index in [1.807, 2.05) is 6.07 Å². The van der Waals surface area contributed by atoms with Crippen LogP contribution in [-0.4, -0.2) is 44.7 Å². The second kappa shape index (κ2) is 10.8. The van der Waals surface area contributed by atoms with E-state index in [0.29, 0.717) is 23.6 Å². The molecular formula is C31H32N2O3. The third-order valence-electron chi connectivity index (χ3n) is 6.95. The van der Waals surface area contributed by atoms with Crippen molar-refractivity contribution < 1.29 is 14.3 Å². The molecule has 5 nitrogen and oxygen atoms in total. The quantitative estimate of drug-likeness (QED) is 0.362. The number of carbonyl (C=O) groups excluding carboxylic acids is 1. The molecule has 36 heavy (non-hydrogen) atoms. The van der Waals surface area contributed by atoms with Crippen molar-refractivity contribution in [2.75, 3.05) is 39.2 Å². The summed E-state index contributed by atoms with van der Waals surface area (Å²) in [5, 5.41) is 2.99. The number of hydrogen-bond acceptors (Lipinski definition) is 4. The molecule has 1 saturated heterocycles. The smallest absolute Gasteiger partial charge is 0.225 e. The molecule has 1 heterocycles. The van der Waals surface area contributed by atoms with Crippen molar-refractivity contribution in [3.05, 3.63) is 94.6 Å². The number of anilines is 1. The van der Waals surface area contributed by atoms with Crippen molar-refractivity contribution in [1.29, 1.82) is 0 Å². The van der Waals surface area contributed by atoms with Gasteiger partial charge in [-0.3, -0.25) is 9.69 Å². The normalized spacial score (nSPS) is 15.1. The maximum atomic E-state index is 12.7. The first-order chi connectivity index (χ1) is 17.7. The van der Waals surface area contributed by atoms with E-state index in [1.165, 1.54) is 33.4 Å². The molecule has 1 amide bonds. The minimum atomic E-state index is -0.00338. The summed E-state index contributed by atoms with van der Waals surface area (Å²) in [6.07, 6.45) is 7.05. The van der Waals surface area contributed by atoms with E-state index in [1.54, 1.807) is 26.4 Å². The SMILES string of the molecule is COc1ccc(NC(=O)CCN2CCCC(=C3c4ccccc4C=Cc4ccccc43)C2)cc1OC. The van der Waals surface area contributed by atoms with Crippen LogP contribution in [0.5, 0.6) is 11.5 Å². The molecule has 0 spiro atoms. The van der Waals surface area contributed by atoms with Crippen LogP contribution in [0.3, 0.4) is 0 Å². The summed E-state index contributed by atoms with van der Waals surface area (Å²) in [7, 11) is 3.19. The van der Waals surface area contributed by atoms with E-state index >= 15 is 0 Å². The van der Waals surface area contributed by atoms with Crippen LogP contribution in [0, 0.1) is 0 Å². The van der Waals surface area contributed by atoms with E-state index in [0.717, 1.165) is 32.5 Å². The zero-order valence-corrected chi connectivity index (χ0v) is 20.9. The minimum Gasteiger partial charge on any atom is -0.493 e. The van der Waals surface area contributed by atoms with Crippen molar-refractivity contribution in [2.45, 2.75) is 19.3 Å². The number of rotatable bonds is 6. The van der Waals surface area contributed by atoms with Gasteiger partial charge in [0.15, 0.2) is 11.5 Å². The molecule has 0 saturated carbocycles. The molecule has 1 aliphatic carbocycles. The van der Waals surface area contributed by atoms with Crippen molar-refractivity contribution >= 4 is 29.3 Å². The van der Waals surface area contributed by atoms with Gasteiger partial charge in [-0.05, 0) is 64.9 Å². The molecule has 0 aromatic heterocycles. The lowest BCUT2D eigenvalue weighted by Gasteiger charge is -2.31. The van der Waals surface area contributed by atoms with Crippen LogP contribution >= 0.6 is 0 Å². The number of nitrogens with zero attached hydrogens (tertiary/aromatic N) is 1. The predicted octanol–water partition coefficient (Wildman–Crippen LogP) is 6.11. The van der Waals surface area contributed by atoms with E-state index in [4.69, 9.17) is 9.47 Å². The predicted molar refractivity (Wildman–Crippen MR) is 146 cm³/mol. The third-order valence-corrected chi connectivity index (χ3v) is 6.95. The molecule has 184 valence electrons. The van der Waals surface area contributed by atoms with Crippen LogP contribution in [0.25, 0.3) is 17.7 Å². The molecule has 5 heteroatoms. The molecule has 3 aromatic rings. The lowest BCUT2D eigenvalue weighted by molar-refractivity contribution is -0.116. The average molecular weight is 481 g/mol. The fourth-order valence-electron chi connectivity index (χ4n) is 5.18. The Bertz CT molecular complexity index is 1270. The Kier molecular flexibility index (Phi) is 7.19. The Labute approximate surface area is 213 Å². The van der Waals surface area contributed by atoms with E-state index in [2.05, 4.69) is 70.9 Å². The van der Waals surface area contributed by atoms with Gasteiger partial charge in [0, 0.05) is 31.3 Å². The number of methoxy groups -OCH3 is 2. The second-order valence-electron chi connectivity index (χ2n) is 9.23. The zero-order chi connectivity index (χ0) is 24.9. The van der Waals surface area contributed by atoms with Crippen molar-refractivity contribution in [3.63, 3.8) is 0 Å². The first-order valence-corrected chi connectivity index (χ1v) is 12.5. The third kappa shape index (κ3) is 5.07. The average Bonchev–Trinajstić information content (AvgIpc) is 3.09. The molecule has 0 atom stereocenters. The molecule has 2 aliphatic rings. The van der Waals surface area contributed by atoms with Crippen molar-refractivity contribution in [3.8, 4) is 11.5 Å². The molecule has 3 aromatic carbocycles. The summed E-state index contributed by atoms with van der Waals surface area (Å²) < 4.78 is 10.6. The highest BCUT2D eigenvalue weighted by Gasteiger charge is 2.23. The highest BCUT2D eigenvalue weighted by molar-refractivity contribution is 5.95. The largest absolute Gasteiger partial charge is 0.493 e. The molecule has 1 aliphatic heterocycles. The number of likely N-dealkylation sites (tertiary alicyclic amines) is 1. The minimum absolute atomic E-state index is 0.00338. The number of hydrogen-bond donors (Lipinski definition) is 1. The lowest BCUT2D eigenvalue weighted by Crippen LogP contribution is -2.34. The number of benzene rings is 3. The van der Waals surface area contributed by atoms with Gasteiger partial charge >= 0.3 is 0 Å². The van der Waals surface area contributed by atoms with Gasteiger partial charge in [-0.2, -0.15) is 0 Å². The number of nitrogens with one attached hydrogen (secondary N) is 1. The van der Waals surface area contributed by atoms with Crippen LogP contribution < -0.4 is 14.8 Å². The fourth-order valence-corrected chi connectivity index (χ4v) is 5.18. The first kappa shape index (κ1) is 23.9. The highest BCUT2D eigenvalue weighted by Crippen LogP contribution is 2.38. The van der Waals surface area contributed by atoms with Gasteiger partial charge in [-0.1, -0.05) is 60.7 Å². The van der Waals surface area contributed by atoms with E-state index in [9.17, 15) is 4.79 Å².